The Kier molecular flexibility index (Phi) is 8.85. The van der Waals surface area contributed by atoms with Crippen LogP contribution in [0, 0.1) is 0 Å². The first kappa shape index (κ1) is 20.5. The second-order valence-corrected chi connectivity index (χ2v) is 7.36. The van der Waals surface area contributed by atoms with Crippen LogP contribution >= 0.6 is 7.60 Å². The molecule has 2 amide bonds. The largest absolute Gasteiger partial charge is 0.328 e. The van der Waals surface area contributed by atoms with Crippen LogP contribution in [0.25, 0.3) is 0 Å². The maximum atomic E-state index is 11.8. The minimum Gasteiger partial charge on any atom is -0.324 e. The second-order valence-electron chi connectivity index (χ2n) is 5.38. The molecule has 1 aromatic carbocycles. The summed E-state index contributed by atoms with van der Waals surface area (Å²) >= 11 is 0. The van der Waals surface area contributed by atoms with Crippen molar-refractivity contribution in [1.82, 2.24) is 5.06 Å². The van der Waals surface area contributed by atoms with Crippen molar-refractivity contribution in [3.8, 4) is 0 Å². The molecule has 1 aromatic rings. The Morgan fingerprint density at radius 3 is 2.42 bits per heavy atom. The number of hydroxylamine groups is 2. The van der Waals surface area contributed by atoms with Crippen LogP contribution in [-0.4, -0.2) is 39.7 Å². The molecule has 0 aliphatic carbocycles. The van der Waals surface area contributed by atoms with E-state index in [1.54, 1.807) is 0 Å². The van der Waals surface area contributed by atoms with E-state index in [0.717, 1.165) is 5.56 Å². The van der Waals surface area contributed by atoms with Crippen LogP contribution in [-0.2, 0) is 25.1 Å². The molecule has 24 heavy (non-hydrogen) atoms. The van der Waals surface area contributed by atoms with Crippen LogP contribution in [0.4, 0.5) is 0 Å². The van der Waals surface area contributed by atoms with E-state index in [2.05, 4.69) is 0 Å². The Bertz CT molecular complexity index is 577. The summed E-state index contributed by atoms with van der Waals surface area (Å²) in [6.07, 6.45) is 0.701. The highest BCUT2D eigenvalue weighted by Crippen LogP contribution is 2.42. The van der Waals surface area contributed by atoms with Crippen molar-refractivity contribution in [2.24, 2.45) is 0 Å². The van der Waals surface area contributed by atoms with E-state index in [4.69, 9.17) is 4.52 Å². The molecule has 1 atom stereocenters. The Balaban J connectivity index is 2.33. The average molecular weight is 357 g/mol. The van der Waals surface area contributed by atoms with Crippen molar-refractivity contribution in [3.63, 3.8) is 0 Å². The minimum absolute atomic E-state index is 0.00432. The SMILES string of the molecule is CCCOP(=O)(O)CCCC(=O)N(O)C(=O)CCc1ccccc1. The molecule has 2 N–H and O–H groups in total. The van der Waals surface area contributed by atoms with Gasteiger partial charge in [0.25, 0.3) is 11.8 Å². The number of rotatable bonds is 10. The predicted molar refractivity (Wildman–Crippen MR) is 88.6 cm³/mol. The van der Waals surface area contributed by atoms with Gasteiger partial charge >= 0.3 is 7.60 Å². The summed E-state index contributed by atoms with van der Waals surface area (Å²) in [5, 5.41) is 9.70. The summed E-state index contributed by atoms with van der Waals surface area (Å²) in [5.74, 6) is -1.48. The smallest absolute Gasteiger partial charge is 0.324 e. The number of amides is 2. The van der Waals surface area contributed by atoms with Crippen LogP contribution in [0.3, 0.4) is 0 Å². The van der Waals surface area contributed by atoms with E-state index in [1.165, 1.54) is 0 Å². The first-order valence-corrected chi connectivity index (χ1v) is 9.67. The lowest BCUT2D eigenvalue weighted by Crippen LogP contribution is -2.33. The van der Waals surface area contributed by atoms with Crippen molar-refractivity contribution in [2.75, 3.05) is 12.8 Å². The molecule has 1 unspecified atom stereocenters. The van der Waals surface area contributed by atoms with Crippen LogP contribution < -0.4 is 0 Å². The van der Waals surface area contributed by atoms with Gasteiger partial charge in [-0.3, -0.25) is 19.4 Å². The van der Waals surface area contributed by atoms with Gasteiger partial charge in [-0.1, -0.05) is 37.3 Å². The Morgan fingerprint density at radius 2 is 1.79 bits per heavy atom. The van der Waals surface area contributed by atoms with Crippen LogP contribution in [0.5, 0.6) is 0 Å². The van der Waals surface area contributed by atoms with E-state index in [9.17, 15) is 24.3 Å². The van der Waals surface area contributed by atoms with Crippen LogP contribution in [0.15, 0.2) is 30.3 Å². The molecule has 8 heteroatoms. The zero-order valence-electron chi connectivity index (χ0n) is 13.8. The highest BCUT2D eigenvalue weighted by atomic mass is 31.2. The molecule has 0 fully saturated rings. The molecule has 0 radical (unpaired) electrons. The van der Waals surface area contributed by atoms with Gasteiger partial charge in [-0.05, 0) is 24.8 Å². The molecule has 0 aromatic heterocycles. The van der Waals surface area contributed by atoms with Gasteiger partial charge in [-0.2, -0.15) is 5.06 Å². The van der Waals surface area contributed by atoms with Gasteiger partial charge in [0.2, 0.25) is 0 Å². The van der Waals surface area contributed by atoms with Gasteiger partial charge in [0, 0.05) is 12.8 Å². The van der Waals surface area contributed by atoms with Gasteiger partial charge in [-0.25, -0.2) is 0 Å². The second kappa shape index (κ2) is 10.4. The monoisotopic (exact) mass is 357 g/mol. The molecule has 7 nitrogen and oxygen atoms in total. The molecule has 0 heterocycles. The third-order valence-corrected chi connectivity index (χ3v) is 4.74. The summed E-state index contributed by atoms with van der Waals surface area (Å²) in [4.78, 5) is 33.0. The molecule has 134 valence electrons. The molecule has 0 spiro atoms. The summed E-state index contributed by atoms with van der Waals surface area (Å²) < 4.78 is 16.4. The number of imide groups is 1. The average Bonchev–Trinajstić information content (AvgIpc) is 2.57. The standard InChI is InChI=1S/C16H24NO6P/c1-2-12-23-24(21,22)13-6-9-15(18)17(20)16(19)11-10-14-7-4-3-5-8-14/h3-5,7-8,20H,2,6,9-13H2,1H3,(H,21,22). The van der Waals surface area contributed by atoms with Crippen molar-refractivity contribution in [3.05, 3.63) is 35.9 Å². The summed E-state index contributed by atoms with van der Waals surface area (Å²) in [7, 11) is -3.71. The molecule has 0 aliphatic rings. The van der Waals surface area contributed by atoms with Crippen molar-refractivity contribution in [1.29, 1.82) is 0 Å². The number of nitrogens with zero attached hydrogens (tertiary/aromatic N) is 1. The number of carbonyl (C=O) groups excluding carboxylic acids is 2. The topological polar surface area (TPSA) is 104 Å². The molecular formula is C16H24NO6P. The van der Waals surface area contributed by atoms with Crippen LogP contribution in [0.2, 0.25) is 0 Å². The fourth-order valence-electron chi connectivity index (χ4n) is 1.98. The third kappa shape index (κ3) is 7.84. The maximum absolute atomic E-state index is 11.8. The fourth-order valence-corrected chi connectivity index (χ4v) is 3.13. The lowest BCUT2D eigenvalue weighted by molar-refractivity contribution is -0.179. The first-order valence-electron chi connectivity index (χ1n) is 7.90. The van der Waals surface area contributed by atoms with Gasteiger partial charge < -0.3 is 9.42 Å². The lowest BCUT2D eigenvalue weighted by atomic mass is 10.1. The number of hydrogen-bond donors (Lipinski definition) is 2. The van der Waals surface area contributed by atoms with E-state index < -0.39 is 19.4 Å². The van der Waals surface area contributed by atoms with Gasteiger partial charge in [0.05, 0.1) is 12.8 Å². The van der Waals surface area contributed by atoms with E-state index >= 15 is 0 Å². The zero-order valence-corrected chi connectivity index (χ0v) is 14.7. The molecular weight excluding hydrogens is 333 g/mol. The number of hydrogen-bond acceptors (Lipinski definition) is 5. The molecule has 1 rings (SSSR count). The van der Waals surface area contributed by atoms with E-state index in [0.29, 0.717) is 12.8 Å². The minimum atomic E-state index is -3.71. The highest BCUT2D eigenvalue weighted by Gasteiger charge is 2.22. The van der Waals surface area contributed by atoms with E-state index in [1.807, 2.05) is 37.3 Å². The third-order valence-electron chi connectivity index (χ3n) is 3.27. The van der Waals surface area contributed by atoms with Gasteiger partial charge in [0.1, 0.15) is 0 Å². The Hall–Kier alpha value is -1.53. The maximum Gasteiger partial charge on any atom is 0.328 e. The summed E-state index contributed by atoms with van der Waals surface area (Å²) in [6, 6.07) is 9.25. The fraction of sp³-hybridized carbons (Fsp3) is 0.500. The zero-order chi connectivity index (χ0) is 18.0. The number of benzene rings is 1. The predicted octanol–water partition coefficient (Wildman–Crippen LogP) is 2.76. The number of aryl methyl sites for hydroxylation is 1. The highest BCUT2D eigenvalue weighted by molar-refractivity contribution is 7.52. The Morgan fingerprint density at radius 1 is 1.17 bits per heavy atom. The molecule has 0 saturated carbocycles. The molecule has 0 saturated heterocycles. The van der Waals surface area contributed by atoms with Gasteiger partial charge in [0.15, 0.2) is 0 Å². The van der Waals surface area contributed by atoms with Crippen molar-refractivity contribution < 1.29 is 28.8 Å². The molecule has 0 aliphatic heterocycles. The Labute approximate surface area is 141 Å². The summed E-state index contributed by atoms with van der Waals surface area (Å²) in [5.41, 5.74) is 0.931. The summed E-state index contributed by atoms with van der Waals surface area (Å²) in [6.45, 7) is 1.99. The van der Waals surface area contributed by atoms with Crippen molar-refractivity contribution >= 4 is 19.4 Å². The van der Waals surface area contributed by atoms with Gasteiger partial charge in [-0.15, -0.1) is 0 Å². The van der Waals surface area contributed by atoms with Crippen molar-refractivity contribution in [2.45, 2.75) is 39.0 Å². The lowest BCUT2D eigenvalue weighted by Gasteiger charge is -2.14. The quantitative estimate of drug-likeness (QED) is 0.379. The van der Waals surface area contributed by atoms with E-state index in [-0.39, 0.29) is 37.1 Å². The first-order chi connectivity index (χ1) is 11.4. The molecule has 0 bridgehead atoms. The number of carbonyl (C=O) groups is 2. The normalized spacial score (nSPS) is 13.3. The van der Waals surface area contributed by atoms with Crippen LogP contribution in [0.1, 0.15) is 38.2 Å².